The number of rotatable bonds is 3. The van der Waals surface area contributed by atoms with Gasteiger partial charge in [0.05, 0.1) is 6.61 Å². The number of ether oxygens (including phenoxy) is 1. The molecule has 0 aromatic carbocycles. The van der Waals surface area contributed by atoms with Crippen LogP contribution in [0.3, 0.4) is 0 Å². The Morgan fingerprint density at radius 2 is 2.25 bits per heavy atom. The molecular formula is C5H7F2O. The molecule has 0 unspecified atom stereocenters. The Morgan fingerprint density at radius 3 is 2.62 bits per heavy atom. The zero-order chi connectivity index (χ0) is 6.41. The lowest BCUT2D eigenvalue weighted by atomic mass is 10.7. The van der Waals surface area contributed by atoms with Crippen molar-refractivity contribution in [3.8, 4) is 0 Å². The third-order valence-corrected chi connectivity index (χ3v) is 0.500. The van der Waals surface area contributed by atoms with Crippen molar-refractivity contribution < 1.29 is 13.5 Å². The molecule has 0 atom stereocenters. The van der Waals surface area contributed by atoms with E-state index >= 15 is 0 Å². The van der Waals surface area contributed by atoms with Crippen LogP contribution in [0.15, 0.2) is 12.2 Å². The number of hydrogen-bond donors (Lipinski definition) is 0. The maximum atomic E-state index is 11.1. The van der Waals surface area contributed by atoms with Crippen molar-refractivity contribution >= 4 is 0 Å². The zero-order valence-corrected chi connectivity index (χ0v) is 4.36. The molecule has 0 fully saturated rings. The van der Waals surface area contributed by atoms with E-state index in [-0.39, 0.29) is 13.2 Å². The second kappa shape index (κ2) is 4.71. The zero-order valence-electron chi connectivity index (χ0n) is 4.36. The maximum absolute atomic E-state index is 11.1. The van der Waals surface area contributed by atoms with Crippen molar-refractivity contribution in [3.05, 3.63) is 19.1 Å². The van der Waals surface area contributed by atoms with E-state index in [9.17, 15) is 8.78 Å². The Kier molecular flexibility index (Phi) is 4.45. The molecule has 0 spiro atoms. The summed E-state index contributed by atoms with van der Waals surface area (Å²) in [5, 5.41) is 0. The molecule has 0 aliphatic carbocycles. The van der Waals surface area contributed by atoms with E-state index in [4.69, 9.17) is 0 Å². The molecule has 0 N–H and O–H groups in total. The summed E-state index contributed by atoms with van der Waals surface area (Å²) in [7, 11) is 0. The molecule has 0 aliphatic heterocycles. The molecular weight excluding hydrogens is 114 g/mol. The minimum Gasteiger partial charge on any atom is -0.377 e. The van der Waals surface area contributed by atoms with Crippen molar-refractivity contribution in [3.63, 3.8) is 0 Å². The first-order valence-electron chi connectivity index (χ1n) is 2.15. The first kappa shape index (κ1) is 7.56. The van der Waals surface area contributed by atoms with Crippen LogP contribution < -0.4 is 0 Å². The summed E-state index contributed by atoms with van der Waals surface area (Å²) in [6, 6.07) is 0. The molecule has 0 saturated carbocycles. The Labute approximate surface area is 47.0 Å². The maximum Gasteiger partial charge on any atom is 0.268 e. The molecule has 3 heteroatoms. The summed E-state index contributed by atoms with van der Waals surface area (Å²) in [5.41, 5.74) is 0. The van der Waals surface area contributed by atoms with Crippen LogP contribution >= 0.6 is 0 Å². The lowest BCUT2D eigenvalue weighted by Gasteiger charge is -1.89. The van der Waals surface area contributed by atoms with Crippen LogP contribution in [0, 0.1) is 6.92 Å². The molecule has 1 nitrogen and oxygen atoms in total. The Balaban J connectivity index is 3.03. The normalized spacial score (nSPS) is 8.88. The van der Waals surface area contributed by atoms with E-state index in [0.717, 1.165) is 0 Å². The minimum atomic E-state index is -1.71. The van der Waals surface area contributed by atoms with Gasteiger partial charge in [-0.3, -0.25) is 0 Å². The SMILES string of the molecule is [CH2]COCC=C(F)F. The van der Waals surface area contributed by atoms with Gasteiger partial charge in [0, 0.05) is 12.7 Å². The average Bonchev–Trinajstić information content (AvgIpc) is 1.66. The van der Waals surface area contributed by atoms with Gasteiger partial charge >= 0.3 is 0 Å². The fourth-order valence-corrected chi connectivity index (χ4v) is 0.205. The molecule has 8 heavy (non-hydrogen) atoms. The van der Waals surface area contributed by atoms with Crippen molar-refractivity contribution in [2.75, 3.05) is 13.2 Å². The van der Waals surface area contributed by atoms with Crippen LogP contribution in [0.2, 0.25) is 0 Å². The minimum absolute atomic E-state index is 0.0498. The van der Waals surface area contributed by atoms with Crippen LogP contribution in [0.1, 0.15) is 0 Å². The van der Waals surface area contributed by atoms with Gasteiger partial charge in [0.1, 0.15) is 0 Å². The highest BCUT2D eigenvalue weighted by Gasteiger charge is 1.84. The molecule has 0 aromatic rings. The molecule has 0 aliphatic rings. The first-order chi connectivity index (χ1) is 3.77. The van der Waals surface area contributed by atoms with Gasteiger partial charge in [0.2, 0.25) is 0 Å². The van der Waals surface area contributed by atoms with Crippen molar-refractivity contribution in [1.82, 2.24) is 0 Å². The summed E-state index contributed by atoms with van der Waals surface area (Å²) in [6.07, 6.45) is -1.01. The van der Waals surface area contributed by atoms with Crippen LogP contribution in [0.5, 0.6) is 0 Å². The van der Waals surface area contributed by atoms with Crippen molar-refractivity contribution in [2.45, 2.75) is 0 Å². The Bertz CT molecular complexity index is 76.5. The number of hydrogen-bond acceptors (Lipinski definition) is 1. The van der Waals surface area contributed by atoms with Crippen LogP contribution in [-0.4, -0.2) is 13.2 Å². The number of halogens is 2. The highest BCUT2D eigenvalue weighted by molar-refractivity contribution is 4.79. The van der Waals surface area contributed by atoms with E-state index in [1.54, 1.807) is 0 Å². The topological polar surface area (TPSA) is 9.23 Å². The van der Waals surface area contributed by atoms with Crippen LogP contribution in [-0.2, 0) is 4.74 Å². The van der Waals surface area contributed by atoms with E-state index in [1.807, 2.05) is 0 Å². The molecule has 0 heterocycles. The van der Waals surface area contributed by atoms with Crippen molar-refractivity contribution in [1.29, 1.82) is 0 Å². The first-order valence-corrected chi connectivity index (χ1v) is 2.15. The highest BCUT2D eigenvalue weighted by Crippen LogP contribution is 1.94. The van der Waals surface area contributed by atoms with E-state index in [0.29, 0.717) is 6.08 Å². The smallest absolute Gasteiger partial charge is 0.268 e. The largest absolute Gasteiger partial charge is 0.377 e. The van der Waals surface area contributed by atoms with E-state index < -0.39 is 6.08 Å². The molecule has 0 bridgehead atoms. The second-order valence-electron chi connectivity index (χ2n) is 1.07. The van der Waals surface area contributed by atoms with Gasteiger partial charge in [-0.2, -0.15) is 8.78 Å². The Hall–Kier alpha value is -0.440. The molecule has 0 amide bonds. The quantitative estimate of drug-likeness (QED) is 0.515. The molecule has 0 rings (SSSR count). The predicted molar refractivity (Wildman–Crippen MR) is 26.5 cm³/mol. The molecule has 47 valence electrons. The highest BCUT2D eigenvalue weighted by atomic mass is 19.3. The van der Waals surface area contributed by atoms with E-state index in [2.05, 4.69) is 11.7 Å². The fraction of sp³-hybridized carbons (Fsp3) is 0.400. The van der Waals surface area contributed by atoms with Gasteiger partial charge in [-0.1, -0.05) is 0 Å². The van der Waals surface area contributed by atoms with Gasteiger partial charge in [-0.25, -0.2) is 0 Å². The van der Waals surface area contributed by atoms with E-state index in [1.165, 1.54) is 0 Å². The van der Waals surface area contributed by atoms with Gasteiger partial charge in [-0.05, 0) is 6.92 Å². The summed E-state index contributed by atoms with van der Waals surface area (Å²) in [6.45, 7) is 3.46. The summed E-state index contributed by atoms with van der Waals surface area (Å²) in [4.78, 5) is 0. The van der Waals surface area contributed by atoms with Gasteiger partial charge in [-0.15, -0.1) is 0 Å². The summed E-state index contributed by atoms with van der Waals surface area (Å²) in [5.74, 6) is 0. The monoisotopic (exact) mass is 121 g/mol. The predicted octanol–water partition coefficient (Wildman–Crippen LogP) is 1.62. The van der Waals surface area contributed by atoms with Gasteiger partial charge in [0.15, 0.2) is 0 Å². The van der Waals surface area contributed by atoms with Crippen LogP contribution in [0.25, 0.3) is 0 Å². The van der Waals surface area contributed by atoms with Gasteiger partial charge in [0.25, 0.3) is 6.08 Å². The lowest BCUT2D eigenvalue weighted by Crippen LogP contribution is -1.88. The van der Waals surface area contributed by atoms with Crippen LogP contribution in [0.4, 0.5) is 8.78 Å². The second-order valence-corrected chi connectivity index (χ2v) is 1.07. The standard InChI is InChI=1S/C5H7F2O/c1-2-8-4-3-5(6)7/h3H,1-2,4H2. The Morgan fingerprint density at radius 1 is 1.62 bits per heavy atom. The fourth-order valence-electron chi connectivity index (χ4n) is 0.205. The third kappa shape index (κ3) is 5.56. The van der Waals surface area contributed by atoms with Gasteiger partial charge < -0.3 is 4.74 Å². The summed E-state index contributed by atoms with van der Waals surface area (Å²) < 4.78 is 26.7. The van der Waals surface area contributed by atoms with Crippen molar-refractivity contribution in [2.24, 2.45) is 0 Å². The molecule has 0 aromatic heterocycles. The molecule has 1 radical (unpaired) electrons. The molecule has 0 saturated heterocycles. The summed E-state index contributed by atoms with van der Waals surface area (Å²) >= 11 is 0. The average molecular weight is 121 g/mol. The third-order valence-electron chi connectivity index (χ3n) is 0.500. The lowest BCUT2D eigenvalue weighted by molar-refractivity contribution is 0.188.